The van der Waals surface area contributed by atoms with Gasteiger partial charge in [-0.2, -0.15) is 0 Å². The van der Waals surface area contributed by atoms with E-state index in [0.717, 1.165) is 18.7 Å². The Morgan fingerprint density at radius 1 is 1.14 bits per heavy atom. The molecule has 4 rings (SSSR count). The number of fused-ring (bicyclic) bond motifs is 1. The lowest BCUT2D eigenvalue weighted by atomic mass is 10.0. The number of benzene rings is 2. The van der Waals surface area contributed by atoms with Gasteiger partial charge in [0.2, 0.25) is 5.78 Å². The molecule has 2 aromatic rings. The average Bonchev–Trinajstić information content (AvgIpc) is 3.06. The number of carbonyl (C=O) groups excluding carboxylic acids is 2. The van der Waals surface area contributed by atoms with Crippen LogP contribution in [0.2, 0.25) is 0 Å². The minimum absolute atomic E-state index is 0.165. The van der Waals surface area contributed by atoms with E-state index in [1.165, 1.54) is 31.3 Å². The molecule has 1 fully saturated rings. The van der Waals surface area contributed by atoms with Gasteiger partial charge in [0, 0.05) is 0 Å². The highest BCUT2D eigenvalue weighted by molar-refractivity contribution is 6.15. The molecule has 0 spiro atoms. The summed E-state index contributed by atoms with van der Waals surface area (Å²) in [6.45, 7) is 2.77. The Bertz CT molecular complexity index is 972. The molecular formula is C23H24NO5+. The Morgan fingerprint density at radius 2 is 1.86 bits per heavy atom. The van der Waals surface area contributed by atoms with Crippen LogP contribution in [0.5, 0.6) is 11.5 Å². The highest BCUT2D eigenvalue weighted by Crippen LogP contribution is 2.39. The number of hydrogen-bond donors (Lipinski definition) is 2. The van der Waals surface area contributed by atoms with Crippen molar-refractivity contribution in [3.8, 4) is 11.5 Å². The normalized spacial score (nSPS) is 17.8. The van der Waals surface area contributed by atoms with Gasteiger partial charge in [-0.3, -0.25) is 4.79 Å². The van der Waals surface area contributed by atoms with Crippen molar-refractivity contribution in [3.63, 3.8) is 0 Å². The average molecular weight is 394 g/mol. The van der Waals surface area contributed by atoms with E-state index >= 15 is 0 Å². The minimum atomic E-state index is -0.412. The third kappa shape index (κ3) is 3.89. The number of phenols is 1. The zero-order valence-electron chi connectivity index (χ0n) is 16.4. The molecule has 2 aliphatic heterocycles. The highest BCUT2D eigenvalue weighted by Gasteiger charge is 2.32. The Balaban J connectivity index is 1.60. The molecule has 2 N–H and O–H groups in total. The fraction of sp³-hybridized carbons (Fsp3) is 0.304. The topological polar surface area (TPSA) is 77.3 Å². The van der Waals surface area contributed by atoms with Crippen molar-refractivity contribution in [1.29, 1.82) is 0 Å². The quantitative estimate of drug-likeness (QED) is 0.615. The van der Waals surface area contributed by atoms with E-state index in [1.807, 2.05) is 0 Å². The number of hydrogen-bond acceptors (Lipinski definition) is 5. The summed E-state index contributed by atoms with van der Waals surface area (Å²) >= 11 is 0. The standard InChI is InChI=1S/C23H23NO5/c1-28-23(27)16-7-5-15(6-8-16)13-20-21(26)17-9-10-19(25)18(22(17)29-20)14-24-11-3-2-4-12-24/h5-10,13,25H,2-4,11-12,14H2,1H3/p+1/b20-13-. The lowest BCUT2D eigenvalue weighted by Gasteiger charge is -2.24. The third-order valence-electron chi connectivity index (χ3n) is 5.53. The number of nitrogens with one attached hydrogen (secondary N) is 1. The first-order valence-electron chi connectivity index (χ1n) is 9.88. The molecule has 0 amide bonds. The van der Waals surface area contributed by atoms with E-state index in [2.05, 4.69) is 0 Å². The molecule has 0 aliphatic carbocycles. The van der Waals surface area contributed by atoms with E-state index in [4.69, 9.17) is 9.47 Å². The zero-order valence-corrected chi connectivity index (χ0v) is 16.4. The molecule has 0 radical (unpaired) electrons. The van der Waals surface area contributed by atoms with Crippen molar-refractivity contribution in [3.05, 3.63) is 64.4 Å². The number of phenolic OH excluding ortho intramolecular Hbond substituents is 1. The molecule has 6 nitrogen and oxygen atoms in total. The maximum absolute atomic E-state index is 12.8. The Kier molecular flexibility index (Phi) is 5.36. The van der Waals surface area contributed by atoms with Crippen molar-refractivity contribution in [1.82, 2.24) is 0 Å². The van der Waals surface area contributed by atoms with Crippen LogP contribution < -0.4 is 9.64 Å². The molecular weight excluding hydrogens is 370 g/mol. The molecule has 2 aromatic carbocycles. The van der Waals surface area contributed by atoms with Gasteiger partial charge in [0.15, 0.2) is 11.5 Å². The number of allylic oxidation sites excluding steroid dienone is 1. The van der Waals surface area contributed by atoms with Crippen molar-refractivity contribution >= 4 is 17.8 Å². The molecule has 0 unspecified atom stereocenters. The molecule has 2 aliphatic rings. The smallest absolute Gasteiger partial charge is 0.337 e. The number of carbonyl (C=O) groups is 2. The maximum Gasteiger partial charge on any atom is 0.337 e. The van der Waals surface area contributed by atoms with Crippen molar-refractivity contribution in [2.45, 2.75) is 25.8 Å². The summed E-state index contributed by atoms with van der Waals surface area (Å²) in [6.07, 6.45) is 5.26. The molecule has 0 saturated carbocycles. The van der Waals surface area contributed by atoms with Crippen LogP contribution in [-0.4, -0.2) is 37.1 Å². The van der Waals surface area contributed by atoms with E-state index < -0.39 is 5.97 Å². The number of ether oxygens (including phenoxy) is 2. The molecule has 1 saturated heterocycles. The second kappa shape index (κ2) is 8.09. The number of rotatable bonds is 4. The summed E-state index contributed by atoms with van der Waals surface area (Å²) in [6, 6.07) is 9.93. The summed E-state index contributed by atoms with van der Waals surface area (Å²) in [7, 11) is 1.33. The fourth-order valence-electron chi connectivity index (χ4n) is 3.93. The third-order valence-corrected chi connectivity index (χ3v) is 5.53. The van der Waals surface area contributed by atoms with E-state index in [0.29, 0.717) is 29.0 Å². The molecule has 0 aromatic heterocycles. The van der Waals surface area contributed by atoms with E-state index in [1.54, 1.807) is 42.5 Å². The molecule has 2 heterocycles. The number of esters is 1. The van der Waals surface area contributed by atoms with Gasteiger partial charge in [-0.25, -0.2) is 4.79 Å². The van der Waals surface area contributed by atoms with Gasteiger partial charge in [0.1, 0.15) is 12.3 Å². The van der Waals surface area contributed by atoms with Crippen LogP contribution in [-0.2, 0) is 11.3 Å². The summed E-state index contributed by atoms with van der Waals surface area (Å²) in [5, 5.41) is 10.4. The number of methoxy groups -OCH3 is 1. The van der Waals surface area contributed by atoms with Gasteiger partial charge in [-0.15, -0.1) is 0 Å². The Morgan fingerprint density at radius 3 is 2.55 bits per heavy atom. The number of likely N-dealkylation sites (tertiary alicyclic amines) is 1. The molecule has 150 valence electrons. The van der Waals surface area contributed by atoms with Gasteiger partial charge in [-0.05, 0) is 55.2 Å². The predicted octanol–water partition coefficient (Wildman–Crippen LogP) is 2.36. The zero-order chi connectivity index (χ0) is 20.4. The van der Waals surface area contributed by atoms with Gasteiger partial charge in [-0.1, -0.05) is 12.1 Å². The monoisotopic (exact) mass is 394 g/mol. The van der Waals surface area contributed by atoms with Crippen molar-refractivity contribution < 1.29 is 29.1 Å². The molecule has 6 heteroatoms. The van der Waals surface area contributed by atoms with E-state index in [9.17, 15) is 14.7 Å². The maximum atomic E-state index is 12.8. The first-order chi connectivity index (χ1) is 14.1. The first-order valence-corrected chi connectivity index (χ1v) is 9.88. The van der Waals surface area contributed by atoms with Gasteiger partial charge >= 0.3 is 5.97 Å². The second-order valence-electron chi connectivity index (χ2n) is 7.48. The van der Waals surface area contributed by atoms with Crippen LogP contribution in [0.4, 0.5) is 0 Å². The van der Waals surface area contributed by atoms with Crippen LogP contribution in [0, 0.1) is 0 Å². The summed E-state index contributed by atoms with van der Waals surface area (Å²) in [5.74, 6) is 0.229. The van der Waals surface area contributed by atoms with Crippen LogP contribution in [0.15, 0.2) is 42.2 Å². The highest BCUT2D eigenvalue weighted by atomic mass is 16.5. The predicted molar refractivity (Wildman–Crippen MR) is 107 cm³/mol. The largest absolute Gasteiger partial charge is 0.507 e. The molecule has 29 heavy (non-hydrogen) atoms. The van der Waals surface area contributed by atoms with Crippen LogP contribution in [0.3, 0.4) is 0 Å². The van der Waals surface area contributed by atoms with Crippen molar-refractivity contribution in [2.24, 2.45) is 0 Å². The lowest BCUT2D eigenvalue weighted by Crippen LogP contribution is -3.11. The second-order valence-corrected chi connectivity index (χ2v) is 7.48. The Labute approximate surface area is 169 Å². The summed E-state index contributed by atoms with van der Waals surface area (Å²) in [4.78, 5) is 25.8. The summed E-state index contributed by atoms with van der Waals surface area (Å²) in [5.41, 5.74) is 2.35. The lowest BCUT2D eigenvalue weighted by molar-refractivity contribution is -0.918. The van der Waals surface area contributed by atoms with Gasteiger partial charge < -0.3 is 19.5 Å². The number of Topliss-reactive ketones (excluding diaryl/α,β-unsaturated/α-hetero) is 1. The van der Waals surface area contributed by atoms with E-state index in [-0.39, 0.29) is 17.3 Å². The SMILES string of the molecule is COC(=O)c1ccc(/C=C2\Oc3c(ccc(O)c3C[NH+]3CCCCC3)C2=O)cc1. The summed E-state index contributed by atoms with van der Waals surface area (Å²) < 4.78 is 10.6. The van der Waals surface area contributed by atoms with Crippen LogP contribution >= 0.6 is 0 Å². The van der Waals surface area contributed by atoms with Crippen LogP contribution in [0.25, 0.3) is 6.08 Å². The first kappa shape index (κ1) is 19.2. The molecule has 0 bridgehead atoms. The number of ketones is 1. The van der Waals surface area contributed by atoms with Crippen LogP contribution in [0.1, 0.15) is 51.1 Å². The molecule has 0 atom stereocenters. The van der Waals surface area contributed by atoms with Crippen molar-refractivity contribution in [2.75, 3.05) is 20.2 Å². The Hall–Kier alpha value is -3.12. The fourth-order valence-corrected chi connectivity index (χ4v) is 3.93. The van der Waals surface area contributed by atoms with Gasteiger partial charge in [0.25, 0.3) is 0 Å². The minimum Gasteiger partial charge on any atom is -0.507 e. The number of piperidine rings is 1. The number of aromatic hydroxyl groups is 1. The van der Waals surface area contributed by atoms with Gasteiger partial charge in [0.05, 0.1) is 36.9 Å². The number of quaternary nitrogens is 1.